The molecule has 6 heteroatoms. The van der Waals surface area contributed by atoms with Crippen molar-refractivity contribution in [1.29, 1.82) is 0 Å². The SMILES string of the molecule is COC(=O)COc1ccc(OC/C=C(\c2ccccc2)c2ccc(C#CCN3CCOCC3)cc2)cc1C. The molecule has 0 radical (unpaired) electrons. The topological polar surface area (TPSA) is 57.2 Å². The first-order chi connectivity index (χ1) is 18.6. The molecule has 196 valence electrons. The minimum atomic E-state index is -0.420. The number of carbonyl (C=O) groups excluding carboxylic acids is 1. The van der Waals surface area contributed by atoms with Gasteiger partial charge in [-0.2, -0.15) is 0 Å². The van der Waals surface area contributed by atoms with E-state index in [1.54, 1.807) is 6.07 Å². The molecule has 4 rings (SSSR count). The monoisotopic (exact) mass is 511 g/mol. The quantitative estimate of drug-likeness (QED) is 0.306. The average Bonchev–Trinajstić information content (AvgIpc) is 2.96. The van der Waals surface area contributed by atoms with Crippen molar-refractivity contribution in [3.63, 3.8) is 0 Å². The van der Waals surface area contributed by atoms with E-state index in [2.05, 4.69) is 64.0 Å². The number of rotatable bonds is 9. The van der Waals surface area contributed by atoms with Crippen molar-refractivity contribution in [3.05, 3.63) is 101 Å². The molecule has 0 saturated carbocycles. The summed E-state index contributed by atoms with van der Waals surface area (Å²) in [7, 11) is 1.34. The molecule has 1 heterocycles. The second-order valence-corrected chi connectivity index (χ2v) is 8.85. The molecule has 1 aliphatic heterocycles. The van der Waals surface area contributed by atoms with Crippen LogP contribution in [-0.2, 0) is 14.3 Å². The molecule has 0 aliphatic carbocycles. The number of ether oxygens (including phenoxy) is 4. The van der Waals surface area contributed by atoms with Crippen molar-refractivity contribution < 1.29 is 23.7 Å². The highest BCUT2D eigenvalue weighted by molar-refractivity contribution is 5.80. The van der Waals surface area contributed by atoms with E-state index in [1.807, 2.05) is 37.3 Å². The van der Waals surface area contributed by atoms with Gasteiger partial charge < -0.3 is 18.9 Å². The standard InChI is InChI=1S/C32H33NO5/c1-25-23-29(14-15-31(25)38-24-32(34)35-2)37-20-16-30(27-8-4-3-5-9-27)28-12-10-26(11-13-28)7-6-17-33-18-21-36-22-19-33/h3-5,8-16,23H,17-22,24H2,1-2H3/b30-16+. The number of benzene rings is 3. The fourth-order valence-corrected chi connectivity index (χ4v) is 4.06. The van der Waals surface area contributed by atoms with Gasteiger partial charge in [0.1, 0.15) is 18.1 Å². The molecule has 1 aliphatic rings. The molecule has 6 nitrogen and oxygen atoms in total. The van der Waals surface area contributed by atoms with Crippen LogP contribution in [0.4, 0.5) is 0 Å². The number of hydrogen-bond donors (Lipinski definition) is 0. The maximum Gasteiger partial charge on any atom is 0.343 e. The largest absolute Gasteiger partial charge is 0.489 e. The van der Waals surface area contributed by atoms with E-state index in [9.17, 15) is 4.79 Å². The zero-order valence-electron chi connectivity index (χ0n) is 21.9. The van der Waals surface area contributed by atoms with Gasteiger partial charge in [-0.05, 0) is 65.6 Å². The number of morpholine rings is 1. The van der Waals surface area contributed by atoms with Crippen LogP contribution in [0.15, 0.2) is 78.9 Å². The van der Waals surface area contributed by atoms with Crippen molar-refractivity contribution in [2.45, 2.75) is 6.92 Å². The Balaban J connectivity index is 1.43. The molecular weight excluding hydrogens is 478 g/mol. The summed E-state index contributed by atoms with van der Waals surface area (Å²) in [6.45, 7) is 6.38. The Kier molecular flexibility index (Phi) is 9.97. The van der Waals surface area contributed by atoms with E-state index >= 15 is 0 Å². The summed E-state index contributed by atoms with van der Waals surface area (Å²) >= 11 is 0. The van der Waals surface area contributed by atoms with E-state index in [4.69, 9.17) is 14.2 Å². The van der Waals surface area contributed by atoms with Crippen LogP contribution in [-0.4, -0.2) is 64.0 Å². The van der Waals surface area contributed by atoms with Crippen LogP contribution < -0.4 is 9.47 Å². The first kappa shape index (κ1) is 27.0. The Morgan fingerprint density at radius 2 is 1.71 bits per heavy atom. The highest BCUT2D eigenvalue weighted by Crippen LogP contribution is 2.26. The summed E-state index contributed by atoms with van der Waals surface area (Å²) in [4.78, 5) is 13.6. The van der Waals surface area contributed by atoms with Crippen LogP contribution in [0.3, 0.4) is 0 Å². The number of nitrogens with zero attached hydrogens (tertiary/aromatic N) is 1. The molecule has 3 aromatic carbocycles. The van der Waals surface area contributed by atoms with Crippen molar-refractivity contribution in [1.82, 2.24) is 4.90 Å². The normalized spacial score (nSPS) is 13.8. The van der Waals surface area contributed by atoms with Crippen LogP contribution in [0.1, 0.15) is 22.3 Å². The van der Waals surface area contributed by atoms with Crippen molar-refractivity contribution >= 4 is 11.5 Å². The maximum atomic E-state index is 11.3. The summed E-state index contributed by atoms with van der Waals surface area (Å²) in [5, 5.41) is 0. The molecule has 0 amide bonds. The molecule has 0 unspecified atom stereocenters. The zero-order chi connectivity index (χ0) is 26.6. The van der Waals surface area contributed by atoms with E-state index in [0.29, 0.717) is 12.4 Å². The molecule has 0 spiro atoms. The Labute approximate surface area is 224 Å². The Bertz CT molecular complexity index is 1280. The first-order valence-electron chi connectivity index (χ1n) is 12.7. The summed E-state index contributed by atoms with van der Waals surface area (Å²) in [5.41, 5.74) is 5.18. The number of methoxy groups -OCH3 is 1. The van der Waals surface area contributed by atoms with Gasteiger partial charge in [-0.25, -0.2) is 4.79 Å². The van der Waals surface area contributed by atoms with Gasteiger partial charge in [0.25, 0.3) is 0 Å². The van der Waals surface area contributed by atoms with Gasteiger partial charge >= 0.3 is 5.97 Å². The Morgan fingerprint density at radius 3 is 2.42 bits per heavy atom. The smallest absolute Gasteiger partial charge is 0.343 e. The molecule has 0 N–H and O–H groups in total. The summed E-state index contributed by atoms with van der Waals surface area (Å²) in [6, 6.07) is 24.1. The fourth-order valence-electron chi connectivity index (χ4n) is 4.06. The molecule has 0 bridgehead atoms. The lowest BCUT2D eigenvalue weighted by Crippen LogP contribution is -2.36. The average molecular weight is 512 g/mol. The minimum absolute atomic E-state index is 0.126. The molecule has 0 aromatic heterocycles. The Hall–Kier alpha value is -4.05. The number of hydrogen-bond acceptors (Lipinski definition) is 6. The zero-order valence-corrected chi connectivity index (χ0v) is 21.9. The molecule has 3 aromatic rings. The number of aryl methyl sites for hydroxylation is 1. The minimum Gasteiger partial charge on any atom is -0.489 e. The lowest BCUT2D eigenvalue weighted by Gasteiger charge is -2.24. The van der Waals surface area contributed by atoms with Gasteiger partial charge in [-0.1, -0.05) is 54.3 Å². The third-order valence-corrected chi connectivity index (χ3v) is 6.18. The first-order valence-corrected chi connectivity index (χ1v) is 12.7. The van der Waals surface area contributed by atoms with Gasteiger partial charge in [0.15, 0.2) is 6.61 Å². The lowest BCUT2D eigenvalue weighted by molar-refractivity contribution is -0.142. The molecular formula is C32H33NO5. The molecule has 0 atom stereocenters. The second-order valence-electron chi connectivity index (χ2n) is 8.85. The molecule has 1 fully saturated rings. The van der Waals surface area contributed by atoms with Crippen LogP contribution >= 0.6 is 0 Å². The van der Waals surface area contributed by atoms with Crippen LogP contribution in [0, 0.1) is 18.8 Å². The third kappa shape index (κ3) is 7.97. The second kappa shape index (κ2) is 14.0. The molecule has 38 heavy (non-hydrogen) atoms. The number of carbonyl (C=O) groups is 1. The fraction of sp³-hybridized carbons (Fsp3) is 0.281. The molecule has 1 saturated heterocycles. The van der Waals surface area contributed by atoms with Gasteiger partial charge in [-0.3, -0.25) is 4.90 Å². The Morgan fingerprint density at radius 1 is 0.974 bits per heavy atom. The van der Waals surface area contributed by atoms with Crippen molar-refractivity contribution in [2.24, 2.45) is 0 Å². The summed E-state index contributed by atoms with van der Waals surface area (Å²) in [6.07, 6.45) is 2.09. The van der Waals surface area contributed by atoms with E-state index in [-0.39, 0.29) is 6.61 Å². The van der Waals surface area contributed by atoms with Crippen molar-refractivity contribution in [3.8, 4) is 23.3 Å². The van der Waals surface area contributed by atoms with Crippen LogP contribution in [0.25, 0.3) is 5.57 Å². The predicted octanol–water partition coefficient (Wildman–Crippen LogP) is 4.74. The summed E-state index contributed by atoms with van der Waals surface area (Å²) < 4.78 is 21.6. The van der Waals surface area contributed by atoms with E-state index in [0.717, 1.165) is 66.4 Å². The van der Waals surface area contributed by atoms with Gasteiger partial charge in [0, 0.05) is 18.7 Å². The lowest BCUT2D eigenvalue weighted by atomic mass is 9.97. The highest BCUT2D eigenvalue weighted by Gasteiger charge is 2.09. The maximum absolute atomic E-state index is 11.3. The van der Waals surface area contributed by atoms with E-state index in [1.165, 1.54) is 7.11 Å². The van der Waals surface area contributed by atoms with Gasteiger partial charge in [0.2, 0.25) is 0 Å². The predicted molar refractivity (Wildman–Crippen MR) is 148 cm³/mol. The van der Waals surface area contributed by atoms with E-state index < -0.39 is 5.97 Å². The highest BCUT2D eigenvalue weighted by atomic mass is 16.6. The van der Waals surface area contributed by atoms with Gasteiger partial charge in [-0.15, -0.1) is 0 Å². The van der Waals surface area contributed by atoms with Gasteiger partial charge in [0.05, 0.1) is 26.9 Å². The third-order valence-electron chi connectivity index (χ3n) is 6.18. The van der Waals surface area contributed by atoms with Crippen LogP contribution in [0.2, 0.25) is 0 Å². The number of esters is 1. The van der Waals surface area contributed by atoms with Crippen LogP contribution in [0.5, 0.6) is 11.5 Å². The van der Waals surface area contributed by atoms with Crippen molar-refractivity contribution in [2.75, 3.05) is 53.2 Å². The summed E-state index contributed by atoms with van der Waals surface area (Å²) in [5.74, 6) is 7.49.